The number of aryl methyl sites for hydroxylation is 2. The average Bonchev–Trinajstić information content (AvgIpc) is 3.30. The van der Waals surface area contributed by atoms with Crippen molar-refractivity contribution in [2.45, 2.75) is 25.5 Å². The Bertz CT molecular complexity index is 1310. The van der Waals surface area contributed by atoms with E-state index >= 15 is 0 Å². The predicted molar refractivity (Wildman–Crippen MR) is 142 cm³/mol. The van der Waals surface area contributed by atoms with E-state index in [4.69, 9.17) is 4.74 Å². The monoisotopic (exact) mass is 487 g/mol. The fourth-order valence-corrected chi connectivity index (χ4v) is 4.52. The smallest absolute Gasteiger partial charge is 0.237 e. The molecule has 3 aromatic carbocycles. The SMILES string of the molecule is COc1cccc(NCc2nnc(SCC(=O)N(C)c3ccccc3)n2-c2cc(C)ccc2C)c1. The van der Waals surface area contributed by atoms with Crippen molar-refractivity contribution >= 4 is 29.0 Å². The van der Waals surface area contributed by atoms with Gasteiger partial charge in [-0.1, -0.05) is 48.2 Å². The third-order valence-corrected chi connectivity index (χ3v) is 6.58. The molecule has 0 saturated carbocycles. The van der Waals surface area contributed by atoms with Crippen molar-refractivity contribution in [3.05, 3.63) is 89.7 Å². The van der Waals surface area contributed by atoms with Gasteiger partial charge in [0.05, 0.1) is 25.1 Å². The zero-order chi connectivity index (χ0) is 24.8. The minimum Gasteiger partial charge on any atom is -0.497 e. The molecule has 1 amide bonds. The number of aromatic nitrogens is 3. The topological polar surface area (TPSA) is 72.3 Å². The number of rotatable bonds is 9. The van der Waals surface area contributed by atoms with Crippen molar-refractivity contribution in [2.75, 3.05) is 30.1 Å². The van der Waals surface area contributed by atoms with Crippen LogP contribution in [-0.4, -0.2) is 40.6 Å². The number of hydrogen-bond acceptors (Lipinski definition) is 6. The second-order valence-corrected chi connectivity index (χ2v) is 9.13. The number of nitrogens with zero attached hydrogens (tertiary/aromatic N) is 4. The summed E-state index contributed by atoms with van der Waals surface area (Å²) in [6, 6.07) is 23.7. The highest BCUT2D eigenvalue weighted by Crippen LogP contribution is 2.27. The number of ether oxygens (including phenoxy) is 1. The Morgan fingerprint density at radius 2 is 1.83 bits per heavy atom. The number of carbonyl (C=O) groups is 1. The average molecular weight is 488 g/mol. The summed E-state index contributed by atoms with van der Waals surface area (Å²) in [5.41, 5.74) is 5.03. The summed E-state index contributed by atoms with van der Waals surface area (Å²) in [4.78, 5) is 14.6. The predicted octanol–water partition coefficient (Wildman–Crippen LogP) is 5.26. The van der Waals surface area contributed by atoms with Crippen molar-refractivity contribution in [1.29, 1.82) is 0 Å². The first-order chi connectivity index (χ1) is 17.0. The van der Waals surface area contributed by atoms with Gasteiger partial charge in [-0.05, 0) is 55.3 Å². The van der Waals surface area contributed by atoms with E-state index in [-0.39, 0.29) is 11.7 Å². The summed E-state index contributed by atoms with van der Waals surface area (Å²) in [5.74, 6) is 1.78. The van der Waals surface area contributed by atoms with Crippen molar-refractivity contribution < 1.29 is 9.53 Å². The number of methoxy groups -OCH3 is 1. The first-order valence-corrected chi connectivity index (χ1v) is 12.3. The van der Waals surface area contributed by atoms with E-state index in [0.29, 0.717) is 11.7 Å². The van der Waals surface area contributed by atoms with Crippen molar-refractivity contribution in [2.24, 2.45) is 0 Å². The molecular formula is C27H29N5O2S. The Morgan fingerprint density at radius 1 is 1.03 bits per heavy atom. The van der Waals surface area contributed by atoms with Crippen molar-refractivity contribution in [1.82, 2.24) is 14.8 Å². The Balaban J connectivity index is 1.58. The molecule has 0 bridgehead atoms. The molecule has 1 heterocycles. The van der Waals surface area contributed by atoms with Gasteiger partial charge in [-0.25, -0.2) is 0 Å². The molecular weight excluding hydrogens is 458 g/mol. The van der Waals surface area contributed by atoms with Gasteiger partial charge >= 0.3 is 0 Å². The largest absolute Gasteiger partial charge is 0.497 e. The molecule has 4 rings (SSSR count). The number of carbonyl (C=O) groups excluding carboxylic acids is 1. The zero-order valence-electron chi connectivity index (χ0n) is 20.4. The maximum absolute atomic E-state index is 12.9. The molecule has 4 aromatic rings. The Labute approximate surface area is 210 Å². The summed E-state index contributed by atoms with van der Waals surface area (Å²) in [6.07, 6.45) is 0. The van der Waals surface area contributed by atoms with Crippen LogP contribution in [0.1, 0.15) is 17.0 Å². The molecule has 1 N–H and O–H groups in total. The van der Waals surface area contributed by atoms with Crippen LogP contribution in [0.4, 0.5) is 11.4 Å². The van der Waals surface area contributed by atoms with Gasteiger partial charge in [-0.15, -0.1) is 10.2 Å². The molecule has 0 fully saturated rings. The number of para-hydroxylation sites is 1. The van der Waals surface area contributed by atoms with Gasteiger partial charge in [0.15, 0.2) is 11.0 Å². The molecule has 8 heteroatoms. The number of nitrogens with one attached hydrogen (secondary N) is 1. The molecule has 0 radical (unpaired) electrons. The fraction of sp³-hybridized carbons (Fsp3) is 0.222. The van der Waals surface area contributed by atoms with Crippen LogP contribution in [0.3, 0.4) is 0 Å². The van der Waals surface area contributed by atoms with Crippen LogP contribution in [0.15, 0.2) is 78.0 Å². The molecule has 0 unspecified atom stereocenters. The van der Waals surface area contributed by atoms with Gasteiger partial charge in [0.1, 0.15) is 5.75 Å². The van der Waals surface area contributed by atoms with E-state index in [9.17, 15) is 4.79 Å². The van der Waals surface area contributed by atoms with Gasteiger partial charge in [0.2, 0.25) is 5.91 Å². The lowest BCUT2D eigenvalue weighted by atomic mass is 10.1. The van der Waals surface area contributed by atoms with Crippen LogP contribution in [0.2, 0.25) is 0 Å². The number of thioether (sulfide) groups is 1. The highest BCUT2D eigenvalue weighted by molar-refractivity contribution is 7.99. The van der Waals surface area contributed by atoms with Crippen LogP contribution in [0.25, 0.3) is 5.69 Å². The van der Waals surface area contributed by atoms with Gasteiger partial charge in [0.25, 0.3) is 0 Å². The first kappa shape index (κ1) is 24.3. The quantitative estimate of drug-likeness (QED) is 0.325. The number of anilines is 2. The van der Waals surface area contributed by atoms with E-state index in [1.54, 1.807) is 19.1 Å². The Kier molecular flexibility index (Phi) is 7.72. The van der Waals surface area contributed by atoms with Crippen molar-refractivity contribution in [3.63, 3.8) is 0 Å². The lowest BCUT2D eigenvalue weighted by Gasteiger charge is -2.17. The molecule has 0 aliphatic heterocycles. The Morgan fingerprint density at radius 3 is 2.60 bits per heavy atom. The third-order valence-electron chi connectivity index (χ3n) is 5.67. The van der Waals surface area contributed by atoms with Gasteiger partial charge < -0.3 is 15.0 Å². The highest BCUT2D eigenvalue weighted by atomic mass is 32.2. The van der Waals surface area contributed by atoms with Crippen LogP contribution in [0, 0.1) is 13.8 Å². The van der Waals surface area contributed by atoms with Crippen LogP contribution in [-0.2, 0) is 11.3 Å². The van der Waals surface area contributed by atoms with E-state index < -0.39 is 0 Å². The summed E-state index contributed by atoms with van der Waals surface area (Å²) < 4.78 is 7.36. The van der Waals surface area contributed by atoms with Crippen molar-refractivity contribution in [3.8, 4) is 11.4 Å². The molecule has 0 aliphatic carbocycles. The summed E-state index contributed by atoms with van der Waals surface area (Å²) in [6.45, 7) is 4.59. The first-order valence-electron chi connectivity index (χ1n) is 11.3. The van der Waals surface area contributed by atoms with Crippen LogP contribution >= 0.6 is 11.8 Å². The van der Waals surface area contributed by atoms with E-state index in [0.717, 1.165) is 39.8 Å². The summed E-state index contributed by atoms with van der Waals surface area (Å²) in [5, 5.41) is 13.0. The lowest BCUT2D eigenvalue weighted by molar-refractivity contribution is -0.115. The van der Waals surface area contributed by atoms with Crippen LogP contribution in [0.5, 0.6) is 5.75 Å². The fourth-order valence-electron chi connectivity index (χ4n) is 3.64. The zero-order valence-corrected chi connectivity index (χ0v) is 21.2. The van der Waals surface area contributed by atoms with E-state index in [1.165, 1.54) is 11.8 Å². The number of amides is 1. The standard InChI is InChI=1S/C27H29N5O2S/c1-19-13-14-20(2)24(15-19)32-25(17-28-21-9-8-12-23(16-21)34-4)29-30-27(32)35-18-26(33)31(3)22-10-6-5-7-11-22/h5-16,28H,17-18H2,1-4H3. The minimum atomic E-state index is -0.00669. The molecule has 35 heavy (non-hydrogen) atoms. The lowest BCUT2D eigenvalue weighted by Crippen LogP contribution is -2.28. The van der Waals surface area contributed by atoms with Gasteiger partial charge in [-0.3, -0.25) is 9.36 Å². The van der Waals surface area contributed by atoms with E-state index in [1.807, 2.05) is 59.2 Å². The molecule has 0 saturated heterocycles. The Hall–Kier alpha value is -3.78. The number of hydrogen-bond donors (Lipinski definition) is 1. The third kappa shape index (κ3) is 5.84. The van der Waals surface area contributed by atoms with Gasteiger partial charge in [-0.2, -0.15) is 0 Å². The molecule has 0 spiro atoms. The second kappa shape index (κ2) is 11.1. The second-order valence-electron chi connectivity index (χ2n) is 8.19. The minimum absolute atomic E-state index is 0.00669. The molecule has 0 atom stereocenters. The highest BCUT2D eigenvalue weighted by Gasteiger charge is 2.19. The number of benzene rings is 3. The van der Waals surface area contributed by atoms with Gasteiger partial charge in [0, 0.05) is 24.5 Å². The maximum atomic E-state index is 12.9. The normalized spacial score (nSPS) is 10.7. The molecule has 1 aromatic heterocycles. The summed E-state index contributed by atoms with van der Waals surface area (Å²) in [7, 11) is 3.44. The molecule has 0 aliphatic rings. The molecule has 7 nitrogen and oxygen atoms in total. The maximum Gasteiger partial charge on any atom is 0.237 e. The summed E-state index contributed by atoms with van der Waals surface area (Å²) >= 11 is 1.39. The van der Waals surface area contributed by atoms with Crippen LogP contribution < -0.4 is 15.0 Å². The molecule has 180 valence electrons. The van der Waals surface area contributed by atoms with E-state index in [2.05, 4.69) is 47.6 Å².